The van der Waals surface area contributed by atoms with E-state index in [1.807, 2.05) is 37.4 Å². The van der Waals surface area contributed by atoms with Gasteiger partial charge in [0.1, 0.15) is 37.2 Å². The van der Waals surface area contributed by atoms with Crippen LogP contribution in [0.25, 0.3) is 0 Å². The van der Waals surface area contributed by atoms with E-state index in [1.54, 1.807) is 19.1 Å². The lowest BCUT2D eigenvalue weighted by Gasteiger charge is -2.28. The van der Waals surface area contributed by atoms with Gasteiger partial charge in [0, 0.05) is 0 Å². The molecule has 2 aromatic rings. The van der Waals surface area contributed by atoms with Crippen LogP contribution in [0.15, 0.2) is 64.4 Å². The molecule has 2 amide bonds. The normalized spacial score (nSPS) is 17.3. The Morgan fingerprint density at radius 2 is 2.00 bits per heavy atom. The van der Waals surface area contributed by atoms with Gasteiger partial charge in [0.05, 0.1) is 31.2 Å². The van der Waals surface area contributed by atoms with E-state index in [9.17, 15) is 9.59 Å². The first-order chi connectivity index (χ1) is 14.1. The second kappa shape index (κ2) is 9.79. The molecule has 154 valence electrons. The molecule has 0 spiro atoms. The van der Waals surface area contributed by atoms with Crippen LogP contribution in [-0.2, 0) is 9.53 Å². The molecular weight excluding hydrogens is 374 g/mol. The summed E-state index contributed by atoms with van der Waals surface area (Å²) in [6.07, 6.45) is 1.50. The first kappa shape index (κ1) is 20.5. The Morgan fingerprint density at radius 3 is 2.69 bits per heavy atom. The average Bonchev–Trinajstić information content (AvgIpc) is 3.23. The van der Waals surface area contributed by atoms with Crippen molar-refractivity contribution in [2.24, 2.45) is 0 Å². The summed E-state index contributed by atoms with van der Waals surface area (Å²) >= 11 is 0. The highest BCUT2D eigenvalue weighted by Gasteiger charge is 2.36. The number of carbonyl (C=O) groups excluding carboxylic acids is 2. The number of esters is 1. The van der Waals surface area contributed by atoms with Crippen molar-refractivity contribution in [3.05, 3.63) is 65.8 Å². The number of likely N-dealkylation sites (N-methyl/N-ethyl adjacent to an activating group) is 1. The molecular formula is C21H26N3O5+. The van der Waals surface area contributed by atoms with Gasteiger partial charge in [0.25, 0.3) is 0 Å². The number of benzene rings is 1. The minimum absolute atomic E-state index is 0.238. The number of rotatable bonds is 9. The number of urea groups is 1. The van der Waals surface area contributed by atoms with Crippen molar-refractivity contribution in [2.75, 3.05) is 33.4 Å². The van der Waals surface area contributed by atoms with Gasteiger partial charge < -0.3 is 29.4 Å². The van der Waals surface area contributed by atoms with E-state index < -0.39 is 12.0 Å². The highest BCUT2D eigenvalue weighted by molar-refractivity contribution is 5.95. The van der Waals surface area contributed by atoms with E-state index in [0.29, 0.717) is 36.7 Å². The number of ether oxygens (including phenoxy) is 2. The van der Waals surface area contributed by atoms with Gasteiger partial charge in [-0.05, 0) is 31.2 Å². The molecule has 29 heavy (non-hydrogen) atoms. The molecule has 8 heteroatoms. The van der Waals surface area contributed by atoms with E-state index in [0.717, 1.165) is 10.6 Å². The van der Waals surface area contributed by atoms with E-state index in [-0.39, 0.29) is 12.6 Å². The third kappa shape index (κ3) is 5.39. The van der Waals surface area contributed by atoms with Crippen molar-refractivity contribution in [2.45, 2.75) is 13.0 Å². The van der Waals surface area contributed by atoms with Gasteiger partial charge in [-0.2, -0.15) is 0 Å². The first-order valence-electron chi connectivity index (χ1n) is 9.58. The fourth-order valence-corrected chi connectivity index (χ4v) is 3.13. The van der Waals surface area contributed by atoms with Crippen LogP contribution in [0.5, 0.6) is 5.75 Å². The number of para-hydroxylation sites is 1. The summed E-state index contributed by atoms with van der Waals surface area (Å²) in [6.45, 7) is 3.60. The van der Waals surface area contributed by atoms with Gasteiger partial charge in [0.2, 0.25) is 0 Å². The fourth-order valence-electron chi connectivity index (χ4n) is 3.13. The quantitative estimate of drug-likeness (QED) is 0.547. The molecule has 1 aliphatic heterocycles. The van der Waals surface area contributed by atoms with Gasteiger partial charge in [-0.15, -0.1) is 0 Å². The van der Waals surface area contributed by atoms with Crippen LogP contribution in [0.1, 0.15) is 18.7 Å². The lowest BCUT2D eigenvalue weighted by atomic mass is 10.00. The van der Waals surface area contributed by atoms with Crippen LogP contribution >= 0.6 is 0 Å². The van der Waals surface area contributed by atoms with Crippen molar-refractivity contribution >= 4 is 12.0 Å². The van der Waals surface area contributed by atoms with E-state index in [1.165, 1.54) is 6.26 Å². The minimum atomic E-state index is -0.693. The maximum atomic E-state index is 12.7. The van der Waals surface area contributed by atoms with Crippen molar-refractivity contribution < 1.29 is 28.4 Å². The average molecular weight is 400 g/mol. The Labute approximate surface area is 169 Å². The zero-order valence-corrected chi connectivity index (χ0v) is 16.6. The minimum Gasteiger partial charge on any atom is -0.488 e. The number of hydrogen-bond donors (Lipinski definition) is 3. The zero-order chi connectivity index (χ0) is 20.6. The fraction of sp³-hybridized carbons (Fsp3) is 0.333. The van der Waals surface area contributed by atoms with Crippen LogP contribution < -0.4 is 20.3 Å². The molecule has 0 aliphatic carbocycles. The van der Waals surface area contributed by atoms with Crippen LogP contribution in [0.3, 0.4) is 0 Å². The number of hydrogen-bond acceptors (Lipinski definition) is 5. The molecule has 0 saturated carbocycles. The first-order valence-corrected chi connectivity index (χ1v) is 9.58. The molecule has 0 bridgehead atoms. The smallest absolute Gasteiger partial charge is 0.338 e. The van der Waals surface area contributed by atoms with E-state index in [2.05, 4.69) is 10.6 Å². The highest BCUT2D eigenvalue weighted by atomic mass is 16.5. The predicted octanol–water partition coefficient (Wildman–Crippen LogP) is 1.04. The van der Waals surface area contributed by atoms with Gasteiger partial charge in [-0.3, -0.25) is 0 Å². The summed E-state index contributed by atoms with van der Waals surface area (Å²) in [7, 11) is 1.97. The summed E-state index contributed by atoms with van der Waals surface area (Å²) in [5.41, 5.74) is 0.871. The molecule has 3 N–H and O–H groups in total. The third-order valence-corrected chi connectivity index (χ3v) is 4.50. The summed E-state index contributed by atoms with van der Waals surface area (Å²) in [4.78, 5) is 25.9. The SMILES string of the molecule is CCOC(=O)C1=C(C[NH+](C)CCOc2ccccc2)NC(=O)N[C@@H]1c1ccco1. The molecule has 1 aromatic heterocycles. The lowest BCUT2D eigenvalue weighted by Crippen LogP contribution is -3.10. The Kier molecular flexibility index (Phi) is 6.91. The zero-order valence-electron chi connectivity index (χ0n) is 16.6. The Balaban J connectivity index is 1.73. The number of carbonyl (C=O) groups is 2. The Hall–Kier alpha value is -3.26. The predicted molar refractivity (Wildman–Crippen MR) is 105 cm³/mol. The van der Waals surface area contributed by atoms with Crippen molar-refractivity contribution in [3.63, 3.8) is 0 Å². The maximum Gasteiger partial charge on any atom is 0.338 e. The molecule has 3 rings (SSSR count). The van der Waals surface area contributed by atoms with Crippen molar-refractivity contribution in [3.8, 4) is 5.75 Å². The topological polar surface area (TPSA) is 94.2 Å². The van der Waals surface area contributed by atoms with Gasteiger partial charge >= 0.3 is 12.0 Å². The third-order valence-electron chi connectivity index (χ3n) is 4.50. The molecule has 8 nitrogen and oxygen atoms in total. The van der Waals surface area contributed by atoms with Crippen molar-refractivity contribution in [1.82, 2.24) is 10.6 Å². The second-order valence-corrected chi connectivity index (χ2v) is 6.70. The largest absolute Gasteiger partial charge is 0.488 e. The molecule has 0 radical (unpaired) electrons. The van der Waals surface area contributed by atoms with Crippen LogP contribution in [0, 0.1) is 0 Å². The molecule has 1 unspecified atom stereocenters. The second-order valence-electron chi connectivity index (χ2n) is 6.70. The summed E-state index contributed by atoms with van der Waals surface area (Å²) in [6, 6.07) is 11.9. The van der Waals surface area contributed by atoms with E-state index >= 15 is 0 Å². The maximum absolute atomic E-state index is 12.7. The number of nitrogens with one attached hydrogen (secondary N) is 3. The number of quaternary nitrogens is 1. The molecule has 0 fully saturated rings. The van der Waals surface area contributed by atoms with Gasteiger partial charge in [-0.1, -0.05) is 18.2 Å². The summed E-state index contributed by atoms with van der Waals surface area (Å²) in [5, 5.41) is 5.50. The number of amides is 2. The number of furan rings is 1. The summed E-state index contributed by atoms with van der Waals surface area (Å²) in [5.74, 6) is 0.801. The standard InChI is InChI=1S/C21H25N3O5/c1-3-27-20(25)18-16(22-21(26)23-19(18)17-10-7-12-29-17)14-24(2)11-13-28-15-8-5-4-6-9-15/h4-10,12,19H,3,11,13-14H2,1-2H3,(H2,22,23,26)/p+1/t19-/m1/s1. The highest BCUT2D eigenvalue weighted by Crippen LogP contribution is 2.27. The van der Waals surface area contributed by atoms with Gasteiger partial charge in [-0.25, -0.2) is 9.59 Å². The molecule has 2 atom stereocenters. The lowest BCUT2D eigenvalue weighted by molar-refractivity contribution is -0.874. The Morgan fingerprint density at radius 1 is 1.21 bits per heavy atom. The van der Waals surface area contributed by atoms with Crippen LogP contribution in [-0.4, -0.2) is 45.4 Å². The molecule has 0 saturated heterocycles. The molecule has 2 heterocycles. The van der Waals surface area contributed by atoms with Crippen LogP contribution in [0.2, 0.25) is 0 Å². The van der Waals surface area contributed by atoms with Crippen LogP contribution in [0.4, 0.5) is 4.79 Å². The molecule has 1 aromatic carbocycles. The summed E-state index contributed by atoms with van der Waals surface area (Å²) < 4.78 is 16.4. The van der Waals surface area contributed by atoms with Crippen molar-refractivity contribution in [1.29, 1.82) is 0 Å². The van der Waals surface area contributed by atoms with Gasteiger partial charge in [0.15, 0.2) is 0 Å². The monoisotopic (exact) mass is 400 g/mol. The molecule has 1 aliphatic rings. The van der Waals surface area contributed by atoms with E-state index in [4.69, 9.17) is 13.9 Å². The Bertz CT molecular complexity index is 848.